The molecule has 1 aliphatic heterocycles. The van der Waals surface area contributed by atoms with Gasteiger partial charge >= 0.3 is 0 Å². The van der Waals surface area contributed by atoms with E-state index in [2.05, 4.69) is 10.6 Å². The summed E-state index contributed by atoms with van der Waals surface area (Å²) in [6.45, 7) is 1.85. The molecule has 5 nitrogen and oxygen atoms in total. The fraction of sp³-hybridized carbons (Fsp3) is 0.857. The maximum Gasteiger partial charge on any atom is 0.225 e. The van der Waals surface area contributed by atoms with Crippen LogP contribution in [0.5, 0.6) is 0 Å². The summed E-state index contributed by atoms with van der Waals surface area (Å²) in [5.41, 5.74) is 0. The van der Waals surface area contributed by atoms with Gasteiger partial charge in [-0.15, -0.1) is 0 Å². The van der Waals surface area contributed by atoms with E-state index >= 15 is 0 Å². The van der Waals surface area contributed by atoms with Gasteiger partial charge < -0.3 is 15.7 Å². The van der Waals surface area contributed by atoms with Crippen molar-refractivity contribution in [2.24, 2.45) is 11.8 Å². The van der Waals surface area contributed by atoms with Gasteiger partial charge in [0.05, 0.1) is 17.9 Å². The van der Waals surface area contributed by atoms with Crippen molar-refractivity contribution in [3.8, 4) is 0 Å². The van der Waals surface area contributed by atoms with Gasteiger partial charge in [0.1, 0.15) is 0 Å². The molecule has 1 saturated carbocycles. The Balaban J connectivity index is 1.83. The average Bonchev–Trinajstić information content (AvgIpc) is 2.42. The van der Waals surface area contributed by atoms with Crippen molar-refractivity contribution in [3.05, 3.63) is 0 Å². The Hall–Kier alpha value is -1.10. The summed E-state index contributed by atoms with van der Waals surface area (Å²) < 4.78 is 0. The van der Waals surface area contributed by atoms with Gasteiger partial charge in [-0.05, 0) is 19.3 Å². The molecule has 0 aromatic rings. The van der Waals surface area contributed by atoms with Crippen LogP contribution in [0.2, 0.25) is 0 Å². The molecule has 0 spiro atoms. The predicted molar refractivity (Wildman–Crippen MR) is 71.3 cm³/mol. The minimum absolute atomic E-state index is 0.00838. The normalized spacial score (nSPS) is 29.3. The number of carbonyl (C=O) groups excluding carboxylic acids is 2. The average molecular weight is 268 g/mol. The number of hydrogen-bond donors (Lipinski definition) is 3. The van der Waals surface area contributed by atoms with Gasteiger partial charge in [-0.3, -0.25) is 9.59 Å². The van der Waals surface area contributed by atoms with Gasteiger partial charge in [-0.2, -0.15) is 0 Å². The number of aliphatic hydroxyl groups excluding tert-OH is 1. The van der Waals surface area contributed by atoms with Crippen LogP contribution < -0.4 is 10.6 Å². The van der Waals surface area contributed by atoms with E-state index in [0.717, 1.165) is 12.8 Å². The molecule has 1 heterocycles. The van der Waals surface area contributed by atoms with Crippen LogP contribution in [0.4, 0.5) is 0 Å². The monoisotopic (exact) mass is 268 g/mol. The molecular weight excluding hydrogens is 244 g/mol. The molecule has 0 aromatic heterocycles. The highest BCUT2D eigenvalue weighted by Crippen LogP contribution is 2.26. The fourth-order valence-electron chi connectivity index (χ4n) is 3.10. The smallest absolute Gasteiger partial charge is 0.225 e. The molecule has 108 valence electrons. The van der Waals surface area contributed by atoms with Gasteiger partial charge in [-0.25, -0.2) is 0 Å². The lowest BCUT2D eigenvalue weighted by atomic mass is 9.79. The summed E-state index contributed by atoms with van der Waals surface area (Å²) in [5.74, 6) is -0.454. The first-order chi connectivity index (χ1) is 9.13. The molecule has 3 atom stereocenters. The molecule has 0 bridgehead atoms. The van der Waals surface area contributed by atoms with Crippen LogP contribution in [0, 0.1) is 11.8 Å². The molecule has 2 fully saturated rings. The third-order valence-corrected chi connectivity index (χ3v) is 4.42. The molecule has 2 amide bonds. The third-order valence-electron chi connectivity index (χ3n) is 4.42. The van der Waals surface area contributed by atoms with Crippen LogP contribution in [-0.4, -0.2) is 35.6 Å². The topological polar surface area (TPSA) is 78.4 Å². The third kappa shape index (κ3) is 3.26. The van der Waals surface area contributed by atoms with E-state index in [0.29, 0.717) is 12.5 Å². The Labute approximate surface area is 114 Å². The van der Waals surface area contributed by atoms with Crippen LogP contribution in [-0.2, 0) is 9.59 Å². The lowest BCUT2D eigenvalue weighted by Crippen LogP contribution is -2.63. The largest absolute Gasteiger partial charge is 0.396 e. The molecule has 3 N–H and O–H groups in total. The highest BCUT2D eigenvalue weighted by Gasteiger charge is 2.44. The minimum atomic E-state index is -0.226. The Kier molecular flexibility index (Phi) is 4.80. The van der Waals surface area contributed by atoms with Crippen LogP contribution in [0.25, 0.3) is 0 Å². The summed E-state index contributed by atoms with van der Waals surface area (Å²) in [4.78, 5) is 23.6. The van der Waals surface area contributed by atoms with E-state index in [1.165, 1.54) is 19.3 Å². The molecule has 19 heavy (non-hydrogen) atoms. The fourth-order valence-corrected chi connectivity index (χ4v) is 3.10. The number of rotatable bonds is 5. The Morgan fingerprint density at radius 3 is 2.68 bits per heavy atom. The predicted octanol–water partition coefficient (Wildman–Crippen LogP) is 0.568. The molecule has 5 heteroatoms. The Morgan fingerprint density at radius 1 is 1.42 bits per heavy atom. The zero-order valence-electron chi connectivity index (χ0n) is 11.5. The van der Waals surface area contributed by atoms with Crippen molar-refractivity contribution in [1.82, 2.24) is 10.6 Å². The summed E-state index contributed by atoms with van der Waals surface area (Å²) in [6.07, 6.45) is 6.21. The van der Waals surface area contributed by atoms with Crippen LogP contribution in [0.15, 0.2) is 0 Å². The second kappa shape index (κ2) is 6.37. The van der Waals surface area contributed by atoms with Gasteiger partial charge in [0.25, 0.3) is 0 Å². The molecule has 1 aliphatic carbocycles. The second-order valence-electron chi connectivity index (χ2n) is 5.79. The van der Waals surface area contributed by atoms with Crippen molar-refractivity contribution in [2.45, 2.75) is 57.5 Å². The first-order valence-electron chi connectivity index (χ1n) is 7.35. The first kappa shape index (κ1) is 14.3. The van der Waals surface area contributed by atoms with Crippen molar-refractivity contribution in [1.29, 1.82) is 0 Å². The molecule has 0 unspecified atom stereocenters. The van der Waals surface area contributed by atoms with E-state index < -0.39 is 0 Å². The molecule has 0 radical (unpaired) electrons. The Bertz CT molecular complexity index is 340. The quantitative estimate of drug-likeness (QED) is 0.638. The molecule has 0 aromatic carbocycles. The van der Waals surface area contributed by atoms with Gasteiger partial charge in [0.2, 0.25) is 11.8 Å². The van der Waals surface area contributed by atoms with Gasteiger partial charge in [0.15, 0.2) is 0 Å². The first-order valence-corrected chi connectivity index (χ1v) is 7.35. The number of carbonyl (C=O) groups is 2. The summed E-state index contributed by atoms with van der Waals surface area (Å²) in [6, 6.07) is 0.180. The Morgan fingerprint density at radius 2 is 2.11 bits per heavy atom. The summed E-state index contributed by atoms with van der Waals surface area (Å²) >= 11 is 0. The number of hydrogen-bond acceptors (Lipinski definition) is 3. The van der Waals surface area contributed by atoms with Crippen LogP contribution in [0.3, 0.4) is 0 Å². The zero-order chi connectivity index (χ0) is 13.8. The number of aliphatic hydroxyl groups is 1. The summed E-state index contributed by atoms with van der Waals surface area (Å²) in [5, 5.41) is 14.8. The van der Waals surface area contributed by atoms with E-state index in [9.17, 15) is 9.59 Å². The van der Waals surface area contributed by atoms with Crippen molar-refractivity contribution in [2.75, 3.05) is 6.61 Å². The second-order valence-corrected chi connectivity index (χ2v) is 5.79. The molecule has 1 saturated heterocycles. The number of nitrogens with one attached hydrogen (secondary N) is 2. The van der Waals surface area contributed by atoms with Crippen LogP contribution >= 0.6 is 0 Å². The van der Waals surface area contributed by atoms with E-state index in [-0.39, 0.29) is 36.3 Å². The highest BCUT2D eigenvalue weighted by atomic mass is 16.3. The van der Waals surface area contributed by atoms with Crippen molar-refractivity contribution < 1.29 is 14.7 Å². The van der Waals surface area contributed by atoms with Crippen molar-refractivity contribution in [3.63, 3.8) is 0 Å². The number of amides is 2. The minimum Gasteiger partial charge on any atom is -0.396 e. The van der Waals surface area contributed by atoms with Crippen LogP contribution in [0.1, 0.15) is 45.4 Å². The van der Waals surface area contributed by atoms with Crippen molar-refractivity contribution >= 4 is 11.8 Å². The summed E-state index contributed by atoms with van der Waals surface area (Å²) in [7, 11) is 0. The molecular formula is C14H24N2O3. The standard InChI is InChI=1S/C14H24N2O3/c1-9(12-11(7-8-17)14(19)16-12)13(18)15-10-5-3-2-4-6-10/h9-12,17H,2-8H2,1H3,(H,15,18)(H,16,19)/t9-,11+,12-/m1/s1. The van der Waals surface area contributed by atoms with E-state index in [1.807, 2.05) is 6.92 Å². The zero-order valence-corrected chi connectivity index (χ0v) is 11.5. The maximum atomic E-state index is 12.2. The van der Waals surface area contributed by atoms with Gasteiger partial charge in [-0.1, -0.05) is 26.2 Å². The van der Waals surface area contributed by atoms with E-state index in [4.69, 9.17) is 5.11 Å². The maximum absolute atomic E-state index is 12.2. The lowest BCUT2D eigenvalue weighted by Gasteiger charge is -2.40. The molecule has 2 aliphatic rings. The highest BCUT2D eigenvalue weighted by molar-refractivity contribution is 5.89. The molecule has 2 rings (SSSR count). The van der Waals surface area contributed by atoms with Gasteiger partial charge in [0, 0.05) is 12.6 Å². The lowest BCUT2D eigenvalue weighted by molar-refractivity contribution is -0.140. The van der Waals surface area contributed by atoms with E-state index in [1.54, 1.807) is 0 Å². The number of β-lactam (4-membered cyclic amide) rings is 1. The SMILES string of the molecule is C[C@@H](C(=O)NC1CCCCC1)[C@H]1NC(=O)[C@H]1CCO.